The number of nitrogens with zero attached hydrogens (tertiary/aromatic N) is 1. The van der Waals surface area contributed by atoms with Gasteiger partial charge < -0.3 is 19.4 Å². The van der Waals surface area contributed by atoms with Crippen LogP contribution >= 0.6 is 23.2 Å². The summed E-state index contributed by atoms with van der Waals surface area (Å²) < 4.78 is 9.72. The van der Waals surface area contributed by atoms with Crippen molar-refractivity contribution in [2.24, 2.45) is 0 Å². The van der Waals surface area contributed by atoms with E-state index < -0.39 is 11.9 Å². The molecule has 53 heavy (non-hydrogen) atoms. The summed E-state index contributed by atoms with van der Waals surface area (Å²) in [5.74, 6) is -0.664. The number of esters is 2. The standard InChI is InChI=1S/C25H22ClNO3.C18H14ClNO3/c1-30-25(29)22-15-21(26)10-8-19(22)13-18-7-11-23-20(14-18)9-12-24(28)27(23)16-17-5-3-2-4-6-17;1-23-18(22)15-10-14(19)5-3-12(15)8-11-2-6-16-13(9-11)4-7-17(21)20-16/h2-8,10-11,14-15H,9,12-13,16H2,1H3;2-7,9-10H,8H2,1H3,(H,20,21). The summed E-state index contributed by atoms with van der Waals surface area (Å²) in [5.41, 5.74) is 8.61. The number of carbonyl (C=O) groups is 3. The smallest absolute Gasteiger partial charge is 0.338 e. The van der Waals surface area contributed by atoms with Gasteiger partial charge in [-0.15, -0.1) is 0 Å². The van der Waals surface area contributed by atoms with Crippen LogP contribution in [0.5, 0.6) is 0 Å². The first kappa shape index (κ1) is 37.1. The van der Waals surface area contributed by atoms with Gasteiger partial charge in [0.1, 0.15) is 0 Å². The first-order valence-electron chi connectivity index (χ1n) is 16.9. The molecule has 1 aromatic heterocycles. The summed E-state index contributed by atoms with van der Waals surface area (Å²) in [7, 11) is 2.71. The Kier molecular flexibility index (Phi) is 11.7. The number of carbonyl (C=O) groups excluding carboxylic acids is 3. The van der Waals surface area contributed by atoms with Gasteiger partial charge in [0.15, 0.2) is 0 Å². The molecule has 0 bridgehead atoms. The quantitative estimate of drug-likeness (QED) is 0.156. The van der Waals surface area contributed by atoms with E-state index in [1.807, 2.05) is 77.7 Å². The van der Waals surface area contributed by atoms with Crippen LogP contribution in [0.1, 0.15) is 60.5 Å². The van der Waals surface area contributed by atoms with E-state index in [9.17, 15) is 19.2 Å². The molecule has 1 aliphatic heterocycles. The average Bonchev–Trinajstić information content (AvgIpc) is 3.17. The molecule has 0 spiro atoms. The molecule has 1 aliphatic rings. The van der Waals surface area contributed by atoms with Crippen LogP contribution in [0.4, 0.5) is 5.69 Å². The van der Waals surface area contributed by atoms with Crippen molar-refractivity contribution in [2.75, 3.05) is 19.1 Å². The Morgan fingerprint density at radius 1 is 0.660 bits per heavy atom. The number of H-pyrrole nitrogens is 1. The second-order valence-corrected chi connectivity index (χ2v) is 13.5. The lowest BCUT2D eigenvalue weighted by atomic mass is 9.94. The number of anilines is 1. The molecule has 1 N–H and O–H groups in total. The fourth-order valence-electron chi connectivity index (χ4n) is 6.42. The molecule has 0 atom stereocenters. The lowest BCUT2D eigenvalue weighted by molar-refractivity contribution is -0.119. The molecule has 2 heterocycles. The number of benzene rings is 5. The Morgan fingerprint density at radius 2 is 1.26 bits per heavy atom. The number of hydrogen-bond donors (Lipinski definition) is 1. The minimum Gasteiger partial charge on any atom is -0.465 e. The van der Waals surface area contributed by atoms with Crippen molar-refractivity contribution in [1.29, 1.82) is 0 Å². The van der Waals surface area contributed by atoms with Crippen molar-refractivity contribution in [2.45, 2.75) is 32.2 Å². The fraction of sp³-hybridized carbons (Fsp3) is 0.163. The SMILES string of the molecule is COC(=O)c1cc(Cl)ccc1Cc1ccc2[nH]c(=O)ccc2c1.COC(=O)c1cc(Cl)ccc1Cc1ccc2c(c1)CCC(=O)N2Cc1ccccc1. The van der Waals surface area contributed by atoms with Crippen molar-refractivity contribution >= 4 is 57.6 Å². The Morgan fingerprint density at radius 3 is 1.89 bits per heavy atom. The molecule has 0 saturated heterocycles. The normalized spacial score (nSPS) is 12.1. The van der Waals surface area contributed by atoms with Crippen LogP contribution in [-0.2, 0) is 40.1 Å². The molecule has 6 aromatic rings. The molecule has 0 aliphatic carbocycles. The largest absolute Gasteiger partial charge is 0.465 e. The zero-order valence-electron chi connectivity index (χ0n) is 29.2. The maximum Gasteiger partial charge on any atom is 0.338 e. The van der Waals surface area contributed by atoms with Crippen molar-refractivity contribution in [3.8, 4) is 0 Å². The molecule has 0 saturated carbocycles. The molecule has 0 fully saturated rings. The lowest BCUT2D eigenvalue weighted by Gasteiger charge is -2.30. The number of amides is 1. The summed E-state index contributed by atoms with van der Waals surface area (Å²) in [5, 5.41) is 1.93. The number of aromatic nitrogens is 1. The van der Waals surface area contributed by atoms with E-state index in [2.05, 4.69) is 11.1 Å². The van der Waals surface area contributed by atoms with Gasteiger partial charge in [0.05, 0.1) is 31.9 Å². The number of pyridine rings is 1. The summed E-state index contributed by atoms with van der Waals surface area (Å²) in [6.07, 6.45) is 2.37. The predicted octanol–water partition coefficient (Wildman–Crippen LogP) is 8.76. The Balaban J connectivity index is 0.000000188. The second kappa shape index (κ2) is 16.8. The summed E-state index contributed by atoms with van der Waals surface area (Å²) in [6, 6.07) is 35.7. The maximum atomic E-state index is 12.6. The number of halogens is 2. The number of fused-ring (bicyclic) bond motifs is 2. The van der Waals surface area contributed by atoms with Crippen LogP contribution in [-0.4, -0.2) is 37.0 Å². The maximum absolute atomic E-state index is 12.6. The fourth-order valence-corrected chi connectivity index (χ4v) is 6.77. The van der Waals surface area contributed by atoms with Gasteiger partial charge in [-0.05, 0) is 107 Å². The topological polar surface area (TPSA) is 106 Å². The van der Waals surface area contributed by atoms with Crippen molar-refractivity contribution in [1.82, 2.24) is 4.98 Å². The average molecular weight is 748 g/mol. The molecular weight excluding hydrogens is 711 g/mol. The van der Waals surface area contributed by atoms with Gasteiger partial charge in [-0.1, -0.05) is 83.9 Å². The minimum atomic E-state index is -0.410. The summed E-state index contributed by atoms with van der Waals surface area (Å²) >= 11 is 12.0. The Labute approximate surface area is 316 Å². The number of methoxy groups -OCH3 is 2. The van der Waals surface area contributed by atoms with Crippen LogP contribution in [0.3, 0.4) is 0 Å². The van der Waals surface area contributed by atoms with Crippen LogP contribution in [0.2, 0.25) is 10.0 Å². The van der Waals surface area contributed by atoms with E-state index in [-0.39, 0.29) is 11.5 Å². The van der Waals surface area contributed by atoms with Crippen molar-refractivity contribution < 1.29 is 23.9 Å². The highest BCUT2D eigenvalue weighted by atomic mass is 35.5. The van der Waals surface area contributed by atoms with Gasteiger partial charge in [-0.2, -0.15) is 0 Å². The molecule has 8 nitrogen and oxygen atoms in total. The molecule has 1 amide bonds. The minimum absolute atomic E-state index is 0.129. The van der Waals surface area contributed by atoms with Crippen LogP contribution < -0.4 is 10.5 Å². The molecule has 268 valence electrons. The third kappa shape index (κ3) is 9.03. The molecule has 5 aromatic carbocycles. The van der Waals surface area contributed by atoms with E-state index in [0.717, 1.165) is 56.4 Å². The van der Waals surface area contributed by atoms with Gasteiger partial charge in [0.2, 0.25) is 11.5 Å². The number of aryl methyl sites for hydroxylation is 1. The monoisotopic (exact) mass is 746 g/mol. The third-order valence-electron chi connectivity index (χ3n) is 9.06. The summed E-state index contributed by atoms with van der Waals surface area (Å²) in [4.78, 5) is 52.6. The Bertz CT molecular complexity index is 2370. The number of rotatable bonds is 8. The number of hydrogen-bond acceptors (Lipinski definition) is 6. The zero-order valence-corrected chi connectivity index (χ0v) is 30.7. The van der Waals surface area contributed by atoms with E-state index >= 15 is 0 Å². The highest BCUT2D eigenvalue weighted by molar-refractivity contribution is 6.31. The zero-order chi connectivity index (χ0) is 37.5. The third-order valence-corrected chi connectivity index (χ3v) is 9.53. The van der Waals surface area contributed by atoms with Crippen molar-refractivity contribution in [3.63, 3.8) is 0 Å². The highest BCUT2D eigenvalue weighted by Crippen LogP contribution is 2.31. The van der Waals surface area contributed by atoms with Crippen LogP contribution in [0.15, 0.2) is 120 Å². The van der Waals surface area contributed by atoms with E-state index in [0.29, 0.717) is 47.0 Å². The first-order valence-corrected chi connectivity index (χ1v) is 17.7. The molecule has 7 rings (SSSR count). The number of nitrogens with one attached hydrogen (secondary N) is 1. The Hall–Kier alpha value is -5.70. The van der Waals surface area contributed by atoms with E-state index in [1.165, 1.54) is 20.3 Å². The molecule has 10 heteroatoms. The number of aromatic amines is 1. The van der Waals surface area contributed by atoms with Crippen LogP contribution in [0, 0.1) is 0 Å². The van der Waals surface area contributed by atoms with Crippen LogP contribution in [0.25, 0.3) is 10.9 Å². The number of ether oxygens (including phenoxy) is 2. The first-order chi connectivity index (χ1) is 25.6. The van der Waals surface area contributed by atoms with Gasteiger partial charge in [0, 0.05) is 33.7 Å². The second-order valence-electron chi connectivity index (χ2n) is 12.6. The van der Waals surface area contributed by atoms with E-state index in [1.54, 1.807) is 30.3 Å². The predicted molar refractivity (Wildman–Crippen MR) is 208 cm³/mol. The molecular formula is C43H36Cl2N2O6. The highest BCUT2D eigenvalue weighted by Gasteiger charge is 2.25. The van der Waals surface area contributed by atoms with Gasteiger partial charge >= 0.3 is 11.9 Å². The molecule has 0 unspecified atom stereocenters. The summed E-state index contributed by atoms with van der Waals surface area (Å²) in [6.45, 7) is 0.565. The molecule has 0 radical (unpaired) electrons. The van der Waals surface area contributed by atoms with Crippen molar-refractivity contribution in [3.05, 3.63) is 180 Å². The van der Waals surface area contributed by atoms with Gasteiger partial charge in [-0.25, -0.2) is 9.59 Å². The van der Waals surface area contributed by atoms with Gasteiger partial charge in [-0.3, -0.25) is 9.59 Å². The van der Waals surface area contributed by atoms with E-state index in [4.69, 9.17) is 32.7 Å². The van der Waals surface area contributed by atoms with Gasteiger partial charge in [0.25, 0.3) is 0 Å². The lowest BCUT2D eigenvalue weighted by Crippen LogP contribution is -2.34.